The highest BCUT2D eigenvalue weighted by atomic mass is 16.6. The van der Waals surface area contributed by atoms with Crippen molar-refractivity contribution in [2.75, 3.05) is 18.5 Å². The second-order valence-electron chi connectivity index (χ2n) is 5.98. The molecule has 2 aromatic heterocycles. The lowest BCUT2D eigenvalue weighted by molar-refractivity contribution is -0.385. The van der Waals surface area contributed by atoms with Gasteiger partial charge in [-0.2, -0.15) is 0 Å². The first-order valence-electron chi connectivity index (χ1n) is 7.57. The van der Waals surface area contributed by atoms with Crippen LogP contribution in [-0.4, -0.2) is 32.6 Å². The van der Waals surface area contributed by atoms with E-state index in [1.54, 1.807) is 18.2 Å². The van der Waals surface area contributed by atoms with E-state index in [4.69, 9.17) is 0 Å². The lowest BCUT2D eigenvalue weighted by Gasteiger charge is -2.41. The fourth-order valence-electron chi connectivity index (χ4n) is 3.07. The Kier molecular flexibility index (Phi) is 3.99. The summed E-state index contributed by atoms with van der Waals surface area (Å²) in [5.74, 6) is -0.00425. The van der Waals surface area contributed by atoms with E-state index >= 15 is 0 Å². The number of nitrogens with one attached hydrogen (secondary N) is 1. The molecule has 0 amide bonds. The first kappa shape index (κ1) is 15.4. The fourth-order valence-corrected chi connectivity index (χ4v) is 3.07. The van der Waals surface area contributed by atoms with Gasteiger partial charge in [-0.3, -0.25) is 19.3 Å². The first-order chi connectivity index (χ1) is 11.1. The number of hydrogen-bond donors (Lipinski definition) is 2. The van der Waals surface area contributed by atoms with Gasteiger partial charge in [-0.1, -0.05) is 12.5 Å². The van der Waals surface area contributed by atoms with E-state index in [0.29, 0.717) is 18.6 Å². The maximum absolute atomic E-state index is 12.3. The number of hydrogen-bond acceptors (Lipinski definition) is 6. The van der Waals surface area contributed by atoms with Gasteiger partial charge >= 0.3 is 11.2 Å². The van der Waals surface area contributed by atoms with E-state index in [1.165, 1.54) is 6.20 Å². The van der Waals surface area contributed by atoms with Crippen LogP contribution < -0.4 is 10.9 Å². The third-order valence-corrected chi connectivity index (χ3v) is 4.58. The molecule has 1 fully saturated rings. The topological polar surface area (TPSA) is 110 Å². The van der Waals surface area contributed by atoms with E-state index < -0.39 is 16.2 Å². The molecular formula is C15H18N4O4. The van der Waals surface area contributed by atoms with Gasteiger partial charge in [0, 0.05) is 19.3 Å². The lowest BCUT2D eigenvalue weighted by atomic mass is 9.67. The van der Waals surface area contributed by atoms with Crippen LogP contribution in [0.3, 0.4) is 0 Å². The van der Waals surface area contributed by atoms with E-state index in [-0.39, 0.29) is 17.8 Å². The van der Waals surface area contributed by atoms with Crippen LogP contribution in [-0.2, 0) is 0 Å². The van der Waals surface area contributed by atoms with Crippen LogP contribution in [0.15, 0.2) is 29.2 Å². The van der Waals surface area contributed by atoms with Crippen LogP contribution in [0.25, 0.3) is 5.65 Å². The van der Waals surface area contributed by atoms with Gasteiger partial charge in [0.05, 0.1) is 4.92 Å². The quantitative estimate of drug-likeness (QED) is 0.618. The minimum atomic E-state index is -0.701. The van der Waals surface area contributed by atoms with Crippen molar-refractivity contribution in [3.05, 3.63) is 44.9 Å². The third kappa shape index (κ3) is 2.77. The van der Waals surface area contributed by atoms with Crippen LogP contribution in [0.4, 0.5) is 11.5 Å². The number of anilines is 1. The monoisotopic (exact) mass is 318 g/mol. The maximum Gasteiger partial charge on any atom is 0.376 e. The van der Waals surface area contributed by atoms with Gasteiger partial charge in [0.2, 0.25) is 5.82 Å². The van der Waals surface area contributed by atoms with Gasteiger partial charge in [0.25, 0.3) is 0 Å². The van der Waals surface area contributed by atoms with E-state index in [0.717, 1.165) is 23.7 Å². The molecule has 23 heavy (non-hydrogen) atoms. The van der Waals surface area contributed by atoms with Gasteiger partial charge in [-0.25, -0.2) is 4.98 Å². The molecule has 0 saturated heterocycles. The molecule has 2 heterocycles. The smallest absolute Gasteiger partial charge is 0.376 e. The minimum Gasteiger partial charge on any atom is -0.396 e. The van der Waals surface area contributed by atoms with Crippen molar-refractivity contribution in [1.82, 2.24) is 9.38 Å². The Labute approximate surface area is 131 Å². The molecule has 0 atom stereocenters. The predicted molar refractivity (Wildman–Crippen MR) is 84.6 cm³/mol. The van der Waals surface area contributed by atoms with Gasteiger partial charge < -0.3 is 10.4 Å². The Morgan fingerprint density at radius 1 is 1.43 bits per heavy atom. The molecule has 0 radical (unpaired) electrons. The molecule has 8 nitrogen and oxygen atoms in total. The highest BCUT2D eigenvalue weighted by molar-refractivity contribution is 5.59. The molecule has 0 aromatic carbocycles. The van der Waals surface area contributed by atoms with Crippen LogP contribution in [0, 0.1) is 15.5 Å². The zero-order valence-electron chi connectivity index (χ0n) is 12.6. The van der Waals surface area contributed by atoms with E-state index in [1.807, 2.05) is 0 Å². The van der Waals surface area contributed by atoms with Crippen molar-refractivity contribution in [2.24, 2.45) is 5.41 Å². The molecule has 0 bridgehead atoms. The van der Waals surface area contributed by atoms with Crippen molar-refractivity contribution in [1.29, 1.82) is 0 Å². The SMILES string of the molecule is O=c1c([N+](=O)[O-])c(NCC2(CCO)CCC2)nc2ccccn12. The molecule has 122 valence electrons. The Hall–Kier alpha value is -2.48. The molecular weight excluding hydrogens is 300 g/mol. The molecule has 0 aliphatic heterocycles. The first-order valence-corrected chi connectivity index (χ1v) is 7.57. The van der Waals surface area contributed by atoms with E-state index in [9.17, 15) is 20.0 Å². The molecule has 2 aromatic rings. The molecule has 3 rings (SSSR count). The van der Waals surface area contributed by atoms with Crippen LogP contribution >= 0.6 is 0 Å². The zero-order valence-corrected chi connectivity index (χ0v) is 12.6. The maximum atomic E-state index is 12.3. The fraction of sp³-hybridized carbons (Fsp3) is 0.467. The zero-order chi connectivity index (χ0) is 16.4. The molecule has 1 aliphatic rings. The number of nitro groups is 1. The van der Waals surface area contributed by atoms with Crippen LogP contribution in [0.2, 0.25) is 0 Å². The van der Waals surface area contributed by atoms with Gasteiger partial charge in [0.15, 0.2) is 0 Å². The predicted octanol–water partition coefficient (Wildman–Crippen LogP) is 1.57. The molecule has 1 saturated carbocycles. The van der Waals surface area contributed by atoms with Crippen molar-refractivity contribution in [3.63, 3.8) is 0 Å². The summed E-state index contributed by atoms with van der Waals surface area (Å²) in [7, 11) is 0. The Bertz CT molecular complexity index is 798. The number of aromatic nitrogens is 2. The van der Waals surface area contributed by atoms with E-state index in [2.05, 4.69) is 10.3 Å². The van der Waals surface area contributed by atoms with Gasteiger partial charge in [0.1, 0.15) is 5.65 Å². The largest absolute Gasteiger partial charge is 0.396 e. The van der Waals surface area contributed by atoms with Crippen molar-refractivity contribution >= 4 is 17.2 Å². The van der Waals surface area contributed by atoms with Crippen molar-refractivity contribution in [3.8, 4) is 0 Å². The Balaban J connectivity index is 1.97. The normalized spacial score (nSPS) is 16.0. The van der Waals surface area contributed by atoms with Gasteiger partial charge in [-0.05, 0) is 36.8 Å². The molecule has 2 N–H and O–H groups in total. The number of pyridine rings is 1. The summed E-state index contributed by atoms with van der Waals surface area (Å²) in [5.41, 5.74) is -0.956. The average molecular weight is 318 g/mol. The second-order valence-corrected chi connectivity index (χ2v) is 5.98. The molecule has 1 aliphatic carbocycles. The minimum absolute atomic E-state index is 0.00425. The van der Waals surface area contributed by atoms with Crippen molar-refractivity contribution in [2.45, 2.75) is 25.7 Å². The summed E-state index contributed by atoms with van der Waals surface area (Å²) >= 11 is 0. The number of aliphatic hydroxyl groups excluding tert-OH is 1. The summed E-state index contributed by atoms with van der Waals surface area (Å²) < 4.78 is 1.16. The highest BCUT2D eigenvalue weighted by Gasteiger charge is 2.37. The number of nitrogens with zero attached hydrogens (tertiary/aromatic N) is 3. The van der Waals surface area contributed by atoms with Gasteiger partial charge in [-0.15, -0.1) is 0 Å². The Morgan fingerprint density at radius 3 is 2.83 bits per heavy atom. The summed E-state index contributed by atoms with van der Waals surface area (Å²) in [6.45, 7) is 0.543. The summed E-state index contributed by atoms with van der Waals surface area (Å²) in [6, 6.07) is 4.97. The van der Waals surface area contributed by atoms with Crippen LogP contribution in [0.1, 0.15) is 25.7 Å². The number of rotatable bonds is 6. The third-order valence-electron chi connectivity index (χ3n) is 4.58. The average Bonchev–Trinajstić information content (AvgIpc) is 2.49. The standard InChI is InChI=1S/C15H18N4O4/c20-9-7-15(5-3-6-15)10-16-13-12(19(22)23)14(21)18-8-2-1-4-11(18)17-13/h1-2,4,8,16,20H,3,5-7,9-10H2. The van der Waals surface area contributed by atoms with Crippen LogP contribution in [0.5, 0.6) is 0 Å². The Morgan fingerprint density at radius 2 is 2.22 bits per heavy atom. The summed E-state index contributed by atoms with van der Waals surface area (Å²) in [5, 5.41) is 23.5. The van der Waals surface area contributed by atoms with Crippen molar-refractivity contribution < 1.29 is 10.0 Å². The molecule has 0 unspecified atom stereocenters. The lowest BCUT2D eigenvalue weighted by Crippen LogP contribution is -2.38. The summed E-state index contributed by atoms with van der Waals surface area (Å²) in [6.07, 6.45) is 5.10. The molecule has 0 spiro atoms. The highest BCUT2D eigenvalue weighted by Crippen LogP contribution is 2.43. The second kappa shape index (κ2) is 5.96. The molecule has 8 heteroatoms. The number of fused-ring (bicyclic) bond motifs is 1. The summed E-state index contributed by atoms with van der Waals surface area (Å²) in [4.78, 5) is 27.1. The number of aliphatic hydroxyl groups is 1.